The number of nitrogens with one attached hydrogen (secondary N) is 1. The second-order valence-corrected chi connectivity index (χ2v) is 5.69. The Bertz CT molecular complexity index is 549. The van der Waals surface area contributed by atoms with Crippen molar-refractivity contribution in [1.29, 1.82) is 0 Å². The van der Waals surface area contributed by atoms with Crippen LogP contribution < -0.4 is 11.1 Å². The molecule has 2 heterocycles. The van der Waals surface area contributed by atoms with E-state index in [9.17, 15) is 0 Å². The first-order valence-corrected chi connectivity index (χ1v) is 6.72. The van der Waals surface area contributed by atoms with E-state index in [1.165, 1.54) is 0 Å². The molecule has 0 amide bonds. The summed E-state index contributed by atoms with van der Waals surface area (Å²) in [5, 5.41) is 6.28. The van der Waals surface area contributed by atoms with Crippen molar-refractivity contribution in [1.82, 2.24) is 9.97 Å². The summed E-state index contributed by atoms with van der Waals surface area (Å²) >= 11 is 6.62. The zero-order chi connectivity index (χ0) is 13.2. The number of nitrogens with zero attached hydrogens (tertiary/aromatic N) is 2. The first-order valence-electron chi connectivity index (χ1n) is 5.43. The fraction of sp³-hybridized carbons (Fsp3) is 0.250. The molecule has 18 heavy (non-hydrogen) atoms. The Morgan fingerprint density at radius 2 is 2.17 bits per heavy atom. The summed E-state index contributed by atoms with van der Waals surface area (Å²) in [6.07, 6.45) is 3.50. The van der Waals surface area contributed by atoms with Gasteiger partial charge in [0.15, 0.2) is 0 Å². The Labute approximate surface area is 115 Å². The lowest BCUT2D eigenvalue weighted by atomic mass is 10.1. The molecular formula is C12H14N4S2. The van der Waals surface area contributed by atoms with Crippen molar-refractivity contribution >= 4 is 34.4 Å². The SMILES string of the molecule is CC(C)(Nc1ncccc1C(N)=S)c1nccs1. The molecule has 0 atom stereocenters. The molecule has 2 aromatic rings. The van der Waals surface area contributed by atoms with Gasteiger partial charge < -0.3 is 11.1 Å². The average molecular weight is 278 g/mol. The first kappa shape index (κ1) is 12.9. The van der Waals surface area contributed by atoms with Gasteiger partial charge in [0.2, 0.25) is 0 Å². The molecule has 0 unspecified atom stereocenters. The van der Waals surface area contributed by atoms with E-state index in [2.05, 4.69) is 15.3 Å². The third-order valence-electron chi connectivity index (χ3n) is 2.47. The lowest BCUT2D eigenvalue weighted by molar-refractivity contribution is 0.601. The van der Waals surface area contributed by atoms with Gasteiger partial charge in [0.25, 0.3) is 0 Å². The van der Waals surface area contributed by atoms with Crippen molar-refractivity contribution < 1.29 is 0 Å². The zero-order valence-electron chi connectivity index (χ0n) is 10.2. The molecule has 0 aliphatic heterocycles. The summed E-state index contributed by atoms with van der Waals surface area (Å²) in [6.45, 7) is 4.09. The fourth-order valence-electron chi connectivity index (χ4n) is 1.59. The van der Waals surface area contributed by atoms with Gasteiger partial charge in [-0.1, -0.05) is 12.2 Å². The van der Waals surface area contributed by atoms with Crippen LogP contribution in [0.15, 0.2) is 29.9 Å². The Morgan fingerprint density at radius 1 is 1.39 bits per heavy atom. The van der Waals surface area contributed by atoms with Crippen molar-refractivity contribution in [2.75, 3.05) is 5.32 Å². The van der Waals surface area contributed by atoms with Gasteiger partial charge in [-0.15, -0.1) is 11.3 Å². The summed E-state index contributed by atoms with van der Waals surface area (Å²) in [6, 6.07) is 3.67. The molecule has 2 aromatic heterocycles. The summed E-state index contributed by atoms with van der Waals surface area (Å²) in [4.78, 5) is 8.95. The lowest BCUT2D eigenvalue weighted by Gasteiger charge is -2.25. The Morgan fingerprint density at radius 3 is 2.78 bits per heavy atom. The molecule has 0 fully saturated rings. The van der Waals surface area contributed by atoms with Crippen LogP contribution in [-0.4, -0.2) is 15.0 Å². The van der Waals surface area contributed by atoms with Crippen molar-refractivity contribution in [2.45, 2.75) is 19.4 Å². The second kappa shape index (κ2) is 4.99. The van der Waals surface area contributed by atoms with Gasteiger partial charge in [-0.3, -0.25) is 0 Å². The molecule has 0 aromatic carbocycles. The molecule has 0 aliphatic rings. The quantitative estimate of drug-likeness (QED) is 0.841. The standard InChI is InChI=1S/C12H14N4S2/c1-12(2,11-15-6-7-18-11)16-10-8(9(13)17)4-3-5-14-10/h3-7H,1-2H3,(H2,13,17)(H,14,16). The van der Waals surface area contributed by atoms with Crippen LogP contribution in [0.3, 0.4) is 0 Å². The topological polar surface area (TPSA) is 63.8 Å². The summed E-state index contributed by atoms with van der Waals surface area (Å²) in [7, 11) is 0. The smallest absolute Gasteiger partial charge is 0.136 e. The van der Waals surface area contributed by atoms with Crippen LogP contribution in [0.2, 0.25) is 0 Å². The number of pyridine rings is 1. The van der Waals surface area contributed by atoms with Gasteiger partial charge in [0.1, 0.15) is 15.8 Å². The fourth-order valence-corrected chi connectivity index (χ4v) is 2.47. The van der Waals surface area contributed by atoms with Crippen LogP contribution in [0, 0.1) is 0 Å². The number of hydrogen-bond donors (Lipinski definition) is 2. The predicted molar refractivity (Wildman–Crippen MR) is 78.9 cm³/mol. The number of hydrogen-bond acceptors (Lipinski definition) is 5. The minimum atomic E-state index is -0.317. The first-order chi connectivity index (χ1) is 8.50. The van der Waals surface area contributed by atoms with E-state index in [4.69, 9.17) is 18.0 Å². The highest BCUT2D eigenvalue weighted by Gasteiger charge is 2.24. The Hall–Kier alpha value is -1.53. The van der Waals surface area contributed by atoms with Crippen LogP contribution in [0.25, 0.3) is 0 Å². The minimum absolute atomic E-state index is 0.317. The van der Waals surface area contributed by atoms with Gasteiger partial charge in [0, 0.05) is 17.8 Å². The monoisotopic (exact) mass is 278 g/mol. The number of rotatable bonds is 4. The molecule has 4 nitrogen and oxygen atoms in total. The molecule has 0 spiro atoms. The number of nitrogens with two attached hydrogens (primary N) is 1. The van der Waals surface area contributed by atoms with Gasteiger partial charge in [-0.25, -0.2) is 9.97 Å². The summed E-state index contributed by atoms with van der Waals surface area (Å²) in [5.74, 6) is 0.685. The van der Waals surface area contributed by atoms with E-state index in [-0.39, 0.29) is 5.54 Å². The van der Waals surface area contributed by atoms with Crippen molar-refractivity contribution in [3.63, 3.8) is 0 Å². The lowest BCUT2D eigenvalue weighted by Crippen LogP contribution is -2.29. The van der Waals surface area contributed by atoms with Gasteiger partial charge in [-0.2, -0.15) is 0 Å². The third kappa shape index (κ3) is 2.65. The van der Waals surface area contributed by atoms with Crippen molar-refractivity contribution in [3.05, 3.63) is 40.5 Å². The summed E-state index contributed by atoms with van der Waals surface area (Å²) < 4.78 is 0. The van der Waals surface area contributed by atoms with E-state index >= 15 is 0 Å². The highest BCUT2D eigenvalue weighted by Crippen LogP contribution is 2.27. The molecule has 0 saturated carbocycles. The molecule has 3 N–H and O–H groups in total. The molecule has 94 valence electrons. The van der Waals surface area contributed by atoms with E-state index in [1.54, 1.807) is 23.7 Å². The Balaban J connectivity index is 2.32. The van der Waals surface area contributed by atoms with Crippen LogP contribution in [-0.2, 0) is 5.54 Å². The maximum absolute atomic E-state index is 5.69. The molecule has 0 bridgehead atoms. The Kier molecular flexibility index (Phi) is 3.58. The van der Waals surface area contributed by atoms with Crippen LogP contribution >= 0.6 is 23.6 Å². The van der Waals surface area contributed by atoms with Crippen LogP contribution in [0.1, 0.15) is 24.4 Å². The molecule has 0 radical (unpaired) electrons. The number of aromatic nitrogens is 2. The predicted octanol–water partition coefficient (Wildman–Crippen LogP) is 2.52. The van der Waals surface area contributed by atoms with Gasteiger partial charge in [-0.05, 0) is 26.0 Å². The molecule has 0 aliphatic carbocycles. The average Bonchev–Trinajstić information content (AvgIpc) is 2.83. The van der Waals surface area contributed by atoms with Crippen LogP contribution in [0.5, 0.6) is 0 Å². The van der Waals surface area contributed by atoms with Crippen molar-refractivity contribution in [3.8, 4) is 0 Å². The van der Waals surface area contributed by atoms with Gasteiger partial charge in [0.05, 0.1) is 11.1 Å². The summed E-state index contributed by atoms with van der Waals surface area (Å²) in [5.41, 5.74) is 6.12. The van der Waals surface area contributed by atoms with E-state index < -0.39 is 0 Å². The highest BCUT2D eigenvalue weighted by atomic mass is 32.1. The van der Waals surface area contributed by atoms with E-state index in [0.717, 1.165) is 10.6 Å². The number of anilines is 1. The molecule has 0 saturated heterocycles. The molecule has 2 rings (SSSR count). The minimum Gasteiger partial charge on any atom is -0.389 e. The normalized spacial score (nSPS) is 11.2. The largest absolute Gasteiger partial charge is 0.389 e. The second-order valence-electron chi connectivity index (χ2n) is 4.35. The maximum Gasteiger partial charge on any atom is 0.136 e. The van der Waals surface area contributed by atoms with Crippen LogP contribution in [0.4, 0.5) is 5.82 Å². The zero-order valence-corrected chi connectivity index (χ0v) is 11.8. The number of thiazole rings is 1. The van der Waals surface area contributed by atoms with E-state index in [0.29, 0.717) is 10.8 Å². The third-order valence-corrected chi connectivity index (χ3v) is 3.79. The van der Waals surface area contributed by atoms with Gasteiger partial charge >= 0.3 is 0 Å². The molecular weight excluding hydrogens is 264 g/mol. The van der Waals surface area contributed by atoms with Crippen molar-refractivity contribution in [2.24, 2.45) is 5.73 Å². The molecule has 6 heteroatoms. The number of thiocarbonyl (C=S) groups is 1. The van der Waals surface area contributed by atoms with E-state index in [1.807, 2.05) is 31.4 Å². The maximum atomic E-state index is 5.69. The highest BCUT2D eigenvalue weighted by molar-refractivity contribution is 7.80.